The second kappa shape index (κ2) is 6.62. The predicted octanol–water partition coefficient (Wildman–Crippen LogP) is 3.85. The first-order valence-corrected chi connectivity index (χ1v) is 9.82. The number of benzene rings is 1. The van der Waals surface area contributed by atoms with Crippen molar-refractivity contribution in [1.29, 1.82) is 21.2 Å². The Bertz CT molecular complexity index is 895. The first-order valence-electron chi connectivity index (χ1n) is 9.82. The summed E-state index contributed by atoms with van der Waals surface area (Å²) in [7, 11) is 0. The van der Waals surface area contributed by atoms with Crippen molar-refractivity contribution in [2.45, 2.75) is 56.8 Å². The zero-order valence-corrected chi connectivity index (χ0v) is 15.6. The van der Waals surface area contributed by atoms with E-state index in [0.29, 0.717) is 19.3 Å². The molecule has 142 valence electrons. The molecule has 1 aromatic rings. The molecule has 3 fully saturated rings. The van der Waals surface area contributed by atoms with Crippen LogP contribution in [0.3, 0.4) is 0 Å². The van der Waals surface area contributed by atoms with Crippen LogP contribution in [0.25, 0.3) is 0 Å². The minimum Gasteiger partial charge on any atom is -0.447 e. The lowest BCUT2D eigenvalue weighted by Gasteiger charge is -2.50. The van der Waals surface area contributed by atoms with Crippen molar-refractivity contribution in [3.63, 3.8) is 0 Å². The van der Waals surface area contributed by atoms with Crippen molar-refractivity contribution in [3.05, 3.63) is 35.9 Å². The second-order valence-corrected chi connectivity index (χ2v) is 8.00. The van der Waals surface area contributed by atoms with E-state index in [2.05, 4.69) is 18.2 Å². The molecule has 0 aromatic heterocycles. The van der Waals surface area contributed by atoms with Gasteiger partial charge in [-0.05, 0) is 18.4 Å². The summed E-state index contributed by atoms with van der Waals surface area (Å²) < 4.78 is 12.4. The van der Waals surface area contributed by atoms with Gasteiger partial charge in [-0.15, -0.1) is 0 Å². The van der Waals surface area contributed by atoms with E-state index in [4.69, 9.17) is 14.9 Å². The van der Waals surface area contributed by atoms with Crippen molar-refractivity contribution in [2.24, 2.45) is 16.7 Å². The standard InChI is InChI=1S/C22H22N4O2/c23-13-20(14-24)18(12-16-8-4-3-5-9-16)27-22-11-7-2-1-6-10-17(22)21(20,15-25)19(26)28-22/h3-5,8-9,17-18,26H,1-2,6-7,10-12H2. The van der Waals surface area contributed by atoms with E-state index >= 15 is 0 Å². The fraction of sp³-hybridized carbons (Fsp3) is 0.545. The number of hydrogen-bond acceptors (Lipinski definition) is 6. The van der Waals surface area contributed by atoms with Gasteiger partial charge in [0.15, 0.2) is 10.8 Å². The molecule has 6 heteroatoms. The molecular formula is C22H22N4O2. The summed E-state index contributed by atoms with van der Waals surface area (Å²) in [6.45, 7) is 0. The first kappa shape index (κ1) is 18.5. The Morgan fingerprint density at radius 2 is 1.71 bits per heavy atom. The van der Waals surface area contributed by atoms with E-state index in [1.165, 1.54) is 0 Å². The molecule has 4 unspecified atom stereocenters. The predicted molar refractivity (Wildman–Crippen MR) is 99.5 cm³/mol. The Kier molecular flexibility index (Phi) is 4.37. The fourth-order valence-corrected chi connectivity index (χ4v) is 5.33. The number of nitriles is 3. The van der Waals surface area contributed by atoms with Crippen LogP contribution in [0, 0.1) is 56.2 Å². The highest BCUT2D eigenvalue weighted by atomic mass is 16.7. The van der Waals surface area contributed by atoms with E-state index in [-0.39, 0.29) is 5.90 Å². The van der Waals surface area contributed by atoms with Crippen LogP contribution in [-0.2, 0) is 15.9 Å². The average Bonchev–Trinajstić information content (AvgIpc) is 2.87. The molecule has 0 spiro atoms. The highest BCUT2D eigenvalue weighted by Gasteiger charge is 2.79. The lowest BCUT2D eigenvalue weighted by atomic mass is 9.52. The van der Waals surface area contributed by atoms with Crippen molar-refractivity contribution in [1.82, 2.24) is 0 Å². The molecule has 2 bridgehead atoms. The zero-order valence-electron chi connectivity index (χ0n) is 15.6. The molecule has 0 amide bonds. The summed E-state index contributed by atoms with van der Waals surface area (Å²) in [4.78, 5) is 0. The average molecular weight is 374 g/mol. The van der Waals surface area contributed by atoms with Gasteiger partial charge in [0.2, 0.25) is 11.7 Å². The SMILES string of the molecule is N#CC1(C#N)C(Cc2ccccc2)OC23CCCCCCC2C1(C#N)C(=N)O3. The third-order valence-corrected chi connectivity index (χ3v) is 6.69. The van der Waals surface area contributed by atoms with Crippen molar-refractivity contribution in [3.8, 4) is 18.2 Å². The Labute approximate surface area is 164 Å². The Hall–Kier alpha value is -2.88. The maximum Gasteiger partial charge on any atom is 0.217 e. The smallest absolute Gasteiger partial charge is 0.217 e. The van der Waals surface area contributed by atoms with Gasteiger partial charge in [0.25, 0.3) is 0 Å². The monoisotopic (exact) mass is 374 g/mol. The van der Waals surface area contributed by atoms with Crippen LogP contribution < -0.4 is 0 Å². The van der Waals surface area contributed by atoms with Gasteiger partial charge in [-0.25, -0.2) is 0 Å². The van der Waals surface area contributed by atoms with Gasteiger partial charge < -0.3 is 9.47 Å². The third kappa shape index (κ3) is 2.24. The molecule has 1 N–H and O–H groups in total. The van der Waals surface area contributed by atoms with E-state index in [1.54, 1.807) is 0 Å². The first-order chi connectivity index (χ1) is 13.6. The quantitative estimate of drug-likeness (QED) is 0.844. The minimum atomic E-state index is -1.79. The topological polar surface area (TPSA) is 114 Å². The Balaban J connectivity index is 1.88. The highest BCUT2D eigenvalue weighted by Crippen LogP contribution is 2.65. The maximum atomic E-state index is 10.3. The highest BCUT2D eigenvalue weighted by molar-refractivity contribution is 5.89. The number of ether oxygens (including phenoxy) is 2. The number of hydrogen-bond donors (Lipinski definition) is 1. The van der Waals surface area contributed by atoms with Crippen molar-refractivity contribution >= 4 is 5.90 Å². The van der Waals surface area contributed by atoms with E-state index < -0.39 is 28.6 Å². The Morgan fingerprint density at radius 1 is 1.00 bits per heavy atom. The van der Waals surface area contributed by atoms with Crippen LogP contribution in [0.4, 0.5) is 0 Å². The molecule has 1 saturated carbocycles. The summed E-state index contributed by atoms with van der Waals surface area (Å²) in [5.41, 5.74) is -2.48. The summed E-state index contributed by atoms with van der Waals surface area (Å²) in [5.74, 6) is -1.85. The van der Waals surface area contributed by atoms with Crippen LogP contribution >= 0.6 is 0 Å². The van der Waals surface area contributed by atoms with E-state index in [9.17, 15) is 15.8 Å². The molecule has 1 aliphatic carbocycles. The summed E-state index contributed by atoms with van der Waals surface area (Å²) >= 11 is 0. The molecule has 2 aliphatic heterocycles. The molecule has 0 radical (unpaired) electrons. The van der Waals surface area contributed by atoms with Crippen LogP contribution in [0.5, 0.6) is 0 Å². The molecule has 2 saturated heterocycles. The lowest BCUT2D eigenvalue weighted by Crippen LogP contribution is -2.63. The largest absolute Gasteiger partial charge is 0.447 e. The maximum absolute atomic E-state index is 10.3. The lowest BCUT2D eigenvalue weighted by molar-refractivity contribution is -0.285. The van der Waals surface area contributed by atoms with Gasteiger partial charge in [-0.3, -0.25) is 5.41 Å². The zero-order chi connectivity index (χ0) is 19.8. The Morgan fingerprint density at radius 3 is 2.39 bits per heavy atom. The van der Waals surface area contributed by atoms with Crippen LogP contribution in [0.1, 0.15) is 44.1 Å². The summed E-state index contributed by atoms with van der Waals surface area (Å²) in [6.07, 6.45) is 4.46. The van der Waals surface area contributed by atoms with Gasteiger partial charge in [-0.2, -0.15) is 15.8 Å². The van der Waals surface area contributed by atoms with Crippen molar-refractivity contribution < 1.29 is 9.47 Å². The number of rotatable bonds is 2. The van der Waals surface area contributed by atoms with Crippen molar-refractivity contribution in [2.75, 3.05) is 0 Å². The van der Waals surface area contributed by atoms with Gasteiger partial charge >= 0.3 is 0 Å². The van der Waals surface area contributed by atoms with Crippen LogP contribution in [0.15, 0.2) is 30.3 Å². The molecule has 28 heavy (non-hydrogen) atoms. The second-order valence-electron chi connectivity index (χ2n) is 8.00. The molecular weight excluding hydrogens is 352 g/mol. The van der Waals surface area contributed by atoms with Gasteiger partial charge in [0.1, 0.15) is 6.10 Å². The van der Waals surface area contributed by atoms with Crippen LogP contribution in [-0.4, -0.2) is 17.8 Å². The van der Waals surface area contributed by atoms with Crippen LogP contribution in [0.2, 0.25) is 0 Å². The summed E-state index contributed by atoms with van der Waals surface area (Å²) in [6, 6.07) is 16.0. The molecule has 4 atom stereocenters. The fourth-order valence-electron chi connectivity index (χ4n) is 5.33. The molecule has 6 nitrogen and oxygen atoms in total. The number of nitrogens with one attached hydrogen (secondary N) is 1. The summed E-state index contributed by atoms with van der Waals surface area (Å²) in [5, 5.41) is 39.2. The van der Waals surface area contributed by atoms with Gasteiger partial charge in [0, 0.05) is 12.8 Å². The van der Waals surface area contributed by atoms with E-state index in [1.807, 2.05) is 30.3 Å². The minimum absolute atomic E-state index is 0.277. The normalized spacial score (nSPS) is 35.8. The van der Waals surface area contributed by atoms with Gasteiger partial charge in [-0.1, -0.05) is 49.6 Å². The molecule has 3 aliphatic rings. The molecule has 1 aromatic carbocycles. The van der Waals surface area contributed by atoms with Gasteiger partial charge in [0.05, 0.1) is 24.1 Å². The third-order valence-electron chi connectivity index (χ3n) is 6.69. The van der Waals surface area contributed by atoms with E-state index in [0.717, 1.165) is 31.2 Å². The number of nitrogens with zero attached hydrogens (tertiary/aromatic N) is 3. The molecule has 4 rings (SSSR count). The molecule has 2 heterocycles.